The van der Waals surface area contributed by atoms with Gasteiger partial charge in [-0.05, 0) is 42.0 Å². The third-order valence-electron chi connectivity index (χ3n) is 4.43. The average Bonchev–Trinajstić information content (AvgIpc) is 2.71. The van der Waals surface area contributed by atoms with Crippen molar-refractivity contribution in [1.29, 1.82) is 0 Å². The second kappa shape index (κ2) is 7.78. The number of para-hydroxylation sites is 2. The lowest BCUT2D eigenvalue weighted by molar-refractivity contribution is -0.121. The van der Waals surface area contributed by atoms with Gasteiger partial charge in [0, 0.05) is 15.2 Å². The molecule has 1 N–H and O–H groups in total. The van der Waals surface area contributed by atoms with Crippen LogP contribution in [-0.4, -0.2) is 16.7 Å². The molecular formula is C22H16BrN3O2. The number of carbonyl (C=O) groups is 1. The van der Waals surface area contributed by atoms with Crippen LogP contribution in [0.3, 0.4) is 0 Å². The summed E-state index contributed by atoms with van der Waals surface area (Å²) in [5.41, 5.74) is 4.84. The number of rotatable bonds is 4. The Morgan fingerprint density at radius 2 is 1.61 bits per heavy atom. The molecule has 0 radical (unpaired) electrons. The number of fused-ring (bicyclic) bond motifs is 2. The first-order chi connectivity index (χ1) is 13.6. The van der Waals surface area contributed by atoms with Gasteiger partial charge in [0.25, 0.3) is 5.91 Å². The van der Waals surface area contributed by atoms with E-state index in [9.17, 15) is 9.59 Å². The van der Waals surface area contributed by atoms with Crippen molar-refractivity contribution >= 4 is 49.9 Å². The minimum Gasteiger partial charge on any atom is -0.331 e. The molecule has 0 saturated carbocycles. The van der Waals surface area contributed by atoms with Crippen LogP contribution in [0, 0.1) is 0 Å². The zero-order valence-corrected chi connectivity index (χ0v) is 16.4. The highest BCUT2D eigenvalue weighted by atomic mass is 79.9. The Balaban J connectivity index is 1.66. The summed E-state index contributed by atoms with van der Waals surface area (Å²) < 4.78 is 2.78. The lowest BCUT2D eigenvalue weighted by Gasteiger charge is -2.14. The molecule has 0 bridgehead atoms. The summed E-state index contributed by atoms with van der Waals surface area (Å²) in [6.45, 7) is 0.0527. The van der Waals surface area contributed by atoms with Gasteiger partial charge in [-0.2, -0.15) is 5.10 Å². The zero-order chi connectivity index (χ0) is 19.5. The van der Waals surface area contributed by atoms with Crippen molar-refractivity contribution in [3.8, 4) is 0 Å². The van der Waals surface area contributed by atoms with Crippen molar-refractivity contribution in [1.82, 2.24) is 9.99 Å². The van der Waals surface area contributed by atoms with Crippen LogP contribution in [0.5, 0.6) is 0 Å². The van der Waals surface area contributed by atoms with Gasteiger partial charge in [-0.1, -0.05) is 52.3 Å². The van der Waals surface area contributed by atoms with Crippen LogP contribution >= 0.6 is 15.9 Å². The van der Waals surface area contributed by atoms with E-state index in [1.54, 1.807) is 18.3 Å². The molecule has 1 amide bonds. The number of halogens is 1. The van der Waals surface area contributed by atoms with Crippen LogP contribution in [0.1, 0.15) is 5.56 Å². The van der Waals surface area contributed by atoms with Crippen molar-refractivity contribution in [2.75, 3.05) is 0 Å². The lowest BCUT2D eigenvalue weighted by Crippen LogP contribution is -2.25. The molecule has 3 aromatic carbocycles. The first kappa shape index (κ1) is 18.1. The van der Waals surface area contributed by atoms with E-state index in [1.807, 2.05) is 65.2 Å². The largest absolute Gasteiger partial charge is 0.331 e. The second-order valence-corrected chi connectivity index (χ2v) is 7.21. The maximum Gasteiger partial charge on any atom is 0.260 e. The Labute approximate surface area is 169 Å². The molecule has 6 heteroatoms. The molecule has 28 heavy (non-hydrogen) atoms. The number of hydrazone groups is 1. The van der Waals surface area contributed by atoms with Crippen LogP contribution in [0.15, 0.2) is 87.2 Å². The van der Waals surface area contributed by atoms with E-state index in [1.165, 1.54) is 0 Å². The van der Waals surface area contributed by atoms with E-state index in [2.05, 4.69) is 26.5 Å². The van der Waals surface area contributed by atoms with Crippen LogP contribution in [0.2, 0.25) is 0 Å². The van der Waals surface area contributed by atoms with Crippen molar-refractivity contribution in [2.24, 2.45) is 5.10 Å². The Morgan fingerprint density at radius 3 is 2.25 bits per heavy atom. The van der Waals surface area contributed by atoms with Crippen molar-refractivity contribution in [3.05, 3.63) is 93.1 Å². The number of hydrogen-bond acceptors (Lipinski definition) is 3. The van der Waals surface area contributed by atoms with Crippen molar-refractivity contribution < 1.29 is 4.79 Å². The maximum absolute atomic E-state index is 12.7. The SMILES string of the molecule is O=C(Cn1c2ccccc2c(=O)c2ccccc21)N/N=C/c1cccc(Br)c1. The molecule has 0 atom stereocenters. The number of pyridine rings is 1. The summed E-state index contributed by atoms with van der Waals surface area (Å²) in [5, 5.41) is 5.22. The molecule has 0 fully saturated rings. The molecule has 0 spiro atoms. The maximum atomic E-state index is 12.7. The molecule has 0 saturated heterocycles. The minimum absolute atomic E-state index is 0.0319. The number of carbonyl (C=O) groups excluding carboxylic acids is 1. The van der Waals surface area contributed by atoms with Crippen molar-refractivity contribution in [2.45, 2.75) is 6.54 Å². The highest BCUT2D eigenvalue weighted by Gasteiger charge is 2.12. The summed E-state index contributed by atoms with van der Waals surface area (Å²) in [5.74, 6) is -0.273. The van der Waals surface area contributed by atoms with Crippen LogP contribution in [-0.2, 0) is 11.3 Å². The van der Waals surface area contributed by atoms with Gasteiger partial charge in [-0.3, -0.25) is 9.59 Å². The molecule has 138 valence electrons. The van der Waals surface area contributed by atoms with Gasteiger partial charge in [-0.25, -0.2) is 5.43 Å². The van der Waals surface area contributed by atoms with Crippen LogP contribution in [0.25, 0.3) is 21.8 Å². The first-order valence-electron chi connectivity index (χ1n) is 8.71. The van der Waals surface area contributed by atoms with Crippen LogP contribution < -0.4 is 10.9 Å². The third kappa shape index (κ3) is 3.59. The fraction of sp³-hybridized carbons (Fsp3) is 0.0455. The Bertz CT molecular complexity index is 1220. The Kier molecular flexibility index (Phi) is 5.04. The minimum atomic E-state index is -0.273. The predicted molar refractivity (Wildman–Crippen MR) is 116 cm³/mol. The standard InChI is InChI=1S/C22H16BrN3O2/c23-16-7-5-6-15(12-16)13-24-25-21(27)14-26-19-10-3-1-8-17(19)22(28)18-9-2-4-11-20(18)26/h1-13H,14H2,(H,25,27)/b24-13+. The molecule has 0 aliphatic heterocycles. The molecule has 4 aromatic rings. The number of nitrogens with zero attached hydrogens (tertiary/aromatic N) is 2. The Morgan fingerprint density at radius 1 is 0.964 bits per heavy atom. The monoisotopic (exact) mass is 433 g/mol. The number of aromatic nitrogens is 1. The highest BCUT2D eigenvalue weighted by Crippen LogP contribution is 2.19. The van der Waals surface area contributed by atoms with E-state index in [4.69, 9.17) is 0 Å². The van der Waals surface area contributed by atoms with E-state index in [0.29, 0.717) is 10.8 Å². The smallest absolute Gasteiger partial charge is 0.260 e. The average molecular weight is 434 g/mol. The van der Waals surface area contributed by atoms with Gasteiger partial charge in [0.05, 0.1) is 17.2 Å². The van der Waals surface area contributed by atoms with E-state index in [0.717, 1.165) is 21.1 Å². The zero-order valence-electron chi connectivity index (χ0n) is 14.8. The normalized spacial score (nSPS) is 11.3. The van der Waals surface area contributed by atoms with Crippen molar-refractivity contribution in [3.63, 3.8) is 0 Å². The molecule has 0 unspecified atom stereocenters. The molecule has 1 heterocycles. The number of benzene rings is 3. The molecule has 5 nitrogen and oxygen atoms in total. The third-order valence-corrected chi connectivity index (χ3v) is 4.93. The summed E-state index contributed by atoms with van der Waals surface area (Å²) >= 11 is 3.40. The summed E-state index contributed by atoms with van der Waals surface area (Å²) in [7, 11) is 0. The van der Waals surface area contributed by atoms with E-state index >= 15 is 0 Å². The van der Waals surface area contributed by atoms with E-state index in [-0.39, 0.29) is 17.9 Å². The number of nitrogens with one attached hydrogen (secondary N) is 1. The molecule has 0 aliphatic carbocycles. The van der Waals surface area contributed by atoms with Gasteiger partial charge in [0.2, 0.25) is 0 Å². The fourth-order valence-electron chi connectivity index (χ4n) is 3.19. The summed E-state index contributed by atoms with van der Waals surface area (Å²) in [6, 6.07) is 22.2. The summed E-state index contributed by atoms with van der Waals surface area (Å²) in [4.78, 5) is 25.2. The molecule has 4 rings (SSSR count). The van der Waals surface area contributed by atoms with Gasteiger partial charge >= 0.3 is 0 Å². The van der Waals surface area contributed by atoms with E-state index < -0.39 is 0 Å². The fourth-order valence-corrected chi connectivity index (χ4v) is 3.61. The summed E-state index contributed by atoms with van der Waals surface area (Å²) in [6.07, 6.45) is 1.59. The quantitative estimate of drug-likeness (QED) is 0.299. The topological polar surface area (TPSA) is 63.5 Å². The molecule has 0 aliphatic rings. The second-order valence-electron chi connectivity index (χ2n) is 6.30. The van der Waals surface area contributed by atoms with Gasteiger partial charge in [-0.15, -0.1) is 0 Å². The van der Waals surface area contributed by atoms with Gasteiger partial charge in [0.1, 0.15) is 6.54 Å². The number of amides is 1. The first-order valence-corrected chi connectivity index (χ1v) is 9.50. The van der Waals surface area contributed by atoms with Crippen LogP contribution in [0.4, 0.5) is 0 Å². The predicted octanol–water partition coefficient (Wildman–Crippen LogP) is 4.07. The van der Waals surface area contributed by atoms with Gasteiger partial charge < -0.3 is 4.57 Å². The lowest BCUT2D eigenvalue weighted by atomic mass is 10.1. The van der Waals surface area contributed by atoms with Gasteiger partial charge in [0.15, 0.2) is 5.43 Å². The molecular weight excluding hydrogens is 418 g/mol. The highest BCUT2D eigenvalue weighted by molar-refractivity contribution is 9.10. The molecule has 1 aromatic heterocycles. The number of hydrogen-bond donors (Lipinski definition) is 1. The Hall–Kier alpha value is -3.25.